The number of hydrogen-bond acceptors (Lipinski definition) is 3. The fourth-order valence-corrected chi connectivity index (χ4v) is 3.42. The first-order valence-electron chi connectivity index (χ1n) is 8.50. The molecule has 0 aromatic rings. The van der Waals surface area contributed by atoms with Gasteiger partial charge in [-0.15, -0.1) is 12.4 Å². The van der Waals surface area contributed by atoms with Gasteiger partial charge in [0.2, 0.25) is 5.91 Å². The molecule has 2 N–H and O–H groups in total. The Morgan fingerprint density at radius 2 is 1.76 bits per heavy atom. The lowest BCUT2D eigenvalue weighted by molar-refractivity contribution is -0.123. The molecule has 4 nitrogen and oxygen atoms in total. The molecule has 0 unspecified atom stereocenters. The number of likely N-dealkylation sites (tertiary alicyclic amines) is 1. The molecule has 124 valence electrons. The Morgan fingerprint density at radius 1 is 1.10 bits per heavy atom. The van der Waals surface area contributed by atoms with Crippen LogP contribution in [0.1, 0.15) is 51.9 Å². The fraction of sp³-hybridized carbons (Fsp3) is 0.938. The van der Waals surface area contributed by atoms with Gasteiger partial charge in [-0.05, 0) is 57.8 Å². The number of carbonyl (C=O) groups is 1. The summed E-state index contributed by atoms with van der Waals surface area (Å²) in [6.07, 6.45) is 8.70. The molecule has 0 aromatic carbocycles. The van der Waals surface area contributed by atoms with Gasteiger partial charge in [-0.25, -0.2) is 0 Å². The maximum absolute atomic E-state index is 12.1. The van der Waals surface area contributed by atoms with Gasteiger partial charge < -0.3 is 10.6 Å². The highest BCUT2D eigenvalue weighted by Gasteiger charge is 2.22. The Hall–Kier alpha value is -0.320. The predicted octanol–water partition coefficient (Wildman–Crippen LogP) is 2.18. The first-order chi connectivity index (χ1) is 9.78. The highest BCUT2D eigenvalue weighted by Crippen LogP contribution is 2.18. The minimum absolute atomic E-state index is 0. The zero-order valence-electron chi connectivity index (χ0n) is 13.4. The van der Waals surface area contributed by atoms with Gasteiger partial charge >= 0.3 is 0 Å². The van der Waals surface area contributed by atoms with Gasteiger partial charge in [0.05, 0.1) is 6.54 Å². The molecule has 1 saturated carbocycles. The van der Waals surface area contributed by atoms with E-state index in [9.17, 15) is 4.79 Å². The van der Waals surface area contributed by atoms with Crippen molar-refractivity contribution in [3.8, 4) is 0 Å². The summed E-state index contributed by atoms with van der Waals surface area (Å²) in [6, 6.07) is 0.447. The highest BCUT2D eigenvalue weighted by molar-refractivity contribution is 5.85. The van der Waals surface area contributed by atoms with Crippen molar-refractivity contribution in [2.75, 3.05) is 32.7 Å². The molecule has 1 aliphatic carbocycles. The minimum atomic E-state index is 0. The summed E-state index contributed by atoms with van der Waals surface area (Å²) in [6.45, 7) is 7.11. The van der Waals surface area contributed by atoms with Crippen LogP contribution in [0.4, 0.5) is 0 Å². The van der Waals surface area contributed by atoms with Crippen LogP contribution in [-0.4, -0.2) is 49.6 Å². The molecule has 0 radical (unpaired) electrons. The maximum atomic E-state index is 12.1. The van der Waals surface area contributed by atoms with E-state index in [-0.39, 0.29) is 18.3 Å². The molecule has 21 heavy (non-hydrogen) atoms. The average molecular weight is 318 g/mol. The predicted molar refractivity (Wildman–Crippen MR) is 90.0 cm³/mol. The molecular weight excluding hydrogens is 286 g/mol. The van der Waals surface area contributed by atoms with Crippen LogP contribution in [0.25, 0.3) is 0 Å². The summed E-state index contributed by atoms with van der Waals surface area (Å²) >= 11 is 0. The first-order valence-corrected chi connectivity index (χ1v) is 8.50. The van der Waals surface area contributed by atoms with Crippen molar-refractivity contribution in [1.29, 1.82) is 0 Å². The van der Waals surface area contributed by atoms with Crippen LogP contribution in [0.5, 0.6) is 0 Å². The van der Waals surface area contributed by atoms with E-state index < -0.39 is 0 Å². The van der Waals surface area contributed by atoms with Gasteiger partial charge in [0, 0.05) is 6.04 Å². The van der Waals surface area contributed by atoms with Crippen molar-refractivity contribution in [1.82, 2.24) is 15.5 Å². The fourth-order valence-electron chi connectivity index (χ4n) is 3.42. The zero-order chi connectivity index (χ0) is 14.2. The molecule has 1 amide bonds. The highest BCUT2D eigenvalue weighted by atomic mass is 35.5. The Balaban J connectivity index is 0.00000220. The van der Waals surface area contributed by atoms with Gasteiger partial charge in [0.1, 0.15) is 0 Å². The van der Waals surface area contributed by atoms with Crippen LogP contribution in [0.2, 0.25) is 0 Å². The SMILES string of the molecule is CCNCC1CCN(CC(=O)NC2CCCCC2)CC1.Cl. The van der Waals surface area contributed by atoms with E-state index in [0.29, 0.717) is 12.6 Å². The second kappa shape index (κ2) is 10.4. The largest absolute Gasteiger partial charge is 0.352 e. The lowest BCUT2D eigenvalue weighted by Crippen LogP contribution is -2.45. The third kappa shape index (κ3) is 6.98. The molecule has 5 heteroatoms. The van der Waals surface area contributed by atoms with Crippen LogP contribution in [-0.2, 0) is 4.79 Å². The van der Waals surface area contributed by atoms with E-state index in [1.54, 1.807) is 0 Å². The molecule has 1 heterocycles. The van der Waals surface area contributed by atoms with Crippen LogP contribution in [0, 0.1) is 5.92 Å². The smallest absolute Gasteiger partial charge is 0.234 e. The number of carbonyl (C=O) groups excluding carboxylic acids is 1. The standard InChI is InChI=1S/C16H31N3O.ClH/c1-2-17-12-14-8-10-19(11-9-14)13-16(20)18-15-6-4-3-5-7-15;/h14-15,17H,2-13H2,1H3,(H,18,20);1H. The molecule has 0 bridgehead atoms. The number of hydrogen-bond donors (Lipinski definition) is 2. The van der Waals surface area contributed by atoms with Gasteiger partial charge in [-0.1, -0.05) is 26.2 Å². The molecule has 0 atom stereocenters. The second-order valence-corrected chi connectivity index (χ2v) is 6.43. The van der Waals surface area contributed by atoms with Crippen LogP contribution >= 0.6 is 12.4 Å². The quantitative estimate of drug-likeness (QED) is 0.789. The minimum Gasteiger partial charge on any atom is -0.352 e. The number of amides is 1. The topological polar surface area (TPSA) is 44.4 Å². The molecule has 0 spiro atoms. The Labute approximate surface area is 135 Å². The molecule has 2 rings (SSSR count). The van der Waals surface area contributed by atoms with E-state index >= 15 is 0 Å². The van der Waals surface area contributed by atoms with E-state index in [2.05, 4.69) is 22.5 Å². The molecule has 1 saturated heterocycles. The first kappa shape index (κ1) is 18.7. The summed E-state index contributed by atoms with van der Waals surface area (Å²) in [5.41, 5.74) is 0. The Kier molecular flexibility index (Phi) is 9.29. The third-order valence-corrected chi connectivity index (χ3v) is 4.73. The number of rotatable bonds is 6. The maximum Gasteiger partial charge on any atom is 0.234 e. The molecule has 0 aromatic heterocycles. The van der Waals surface area contributed by atoms with Crippen molar-refractivity contribution >= 4 is 18.3 Å². The molecule has 2 fully saturated rings. The van der Waals surface area contributed by atoms with Gasteiger partial charge in [0.15, 0.2) is 0 Å². The van der Waals surface area contributed by atoms with Crippen molar-refractivity contribution < 1.29 is 4.79 Å². The summed E-state index contributed by atoms with van der Waals surface area (Å²) in [5.74, 6) is 1.04. The van der Waals surface area contributed by atoms with Crippen molar-refractivity contribution in [3.63, 3.8) is 0 Å². The summed E-state index contributed by atoms with van der Waals surface area (Å²) in [5, 5.41) is 6.65. The number of halogens is 1. The molecule has 2 aliphatic rings. The number of nitrogens with zero attached hydrogens (tertiary/aromatic N) is 1. The molecule has 1 aliphatic heterocycles. The zero-order valence-corrected chi connectivity index (χ0v) is 14.2. The van der Waals surface area contributed by atoms with Crippen molar-refractivity contribution in [2.24, 2.45) is 5.92 Å². The second-order valence-electron chi connectivity index (χ2n) is 6.43. The number of piperidine rings is 1. The summed E-state index contributed by atoms with van der Waals surface area (Å²) in [7, 11) is 0. The van der Waals surface area contributed by atoms with Crippen LogP contribution < -0.4 is 10.6 Å². The third-order valence-electron chi connectivity index (χ3n) is 4.73. The normalized spacial score (nSPS) is 21.8. The summed E-state index contributed by atoms with van der Waals surface area (Å²) < 4.78 is 0. The van der Waals surface area contributed by atoms with Gasteiger partial charge in [-0.2, -0.15) is 0 Å². The summed E-state index contributed by atoms with van der Waals surface area (Å²) in [4.78, 5) is 14.4. The van der Waals surface area contributed by atoms with Crippen molar-refractivity contribution in [2.45, 2.75) is 57.9 Å². The van der Waals surface area contributed by atoms with Gasteiger partial charge in [-0.3, -0.25) is 9.69 Å². The van der Waals surface area contributed by atoms with E-state index in [1.165, 1.54) is 44.9 Å². The van der Waals surface area contributed by atoms with Crippen LogP contribution in [0.3, 0.4) is 0 Å². The van der Waals surface area contributed by atoms with E-state index in [1.807, 2.05) is 0 Å². The van der Waals surface area contributed by atoms with Crippen LogP contribution in [0.15, 0.2) is 0 Å². The van der Waals surface area contributed by atoms with E-state index in [4.69, 9.17) is 0 Å². The lowest BCUT2D eigenvalue weighted by Gasteiger charge is -2.32. The Bertz CT molecular complexity index is 287. The number of nitrogens with one attached hydrogen (secondary N) is 2. The monoisotopic (exact) mass is 317 g/mol. The molecular formula is C16H32ClN3O. The average Bonchev–Trinajstić information content (AvgIpc) is 2.47. The lowest BCUT2D eigenvalue weighted by atomic mass is 9.95. The van der Waals surface area contributed by atoms with E-state index in [0.717, 1.165) is 32.1 Å². The Morgan fingerprint density at radius 3 is 2.38 bits per heavy atom. The van der Waals surface area contributed by atoms with Gasteiger partial charge in [0.25, 0.3) is 0 Å². The van der Waals surface area contributed by atoms with Crippen molar-refractivity contribution in [3.05, 3.63) is 0 Å².